The lowest BCUT2D eigenvalue weighted by Gasteiger charge is -2.38. The normalized spacial score (nSPS) is 19.4. The maximum absolute atomic E-state index is 12.8. The van der Waals surface area contributed by atoms with Crippen molar-refractivity contribution in [2.24, 2.45) is 0 Å². The summed E-state index contributed by atoms with van der Waals surface area (Å²) in [5, 5.41) is 3.21. The number of esters is 1. The summed E-state index contributed by atoms with van der Waals surface area (Å²) in [6.07, 6.45) is 5.58. The van der Waals surface area contributed by atoms with Gasteiger partial charge >= 0.3 is 5.97 Å². The van der Waals surface area contributed by atoms with Crippen LogP contribution in [0.1, 0.15) is 47.8 Å². The van der Waals surface area contributed by atoms with Crippen molar-refractivity contribution in [2.75, 3.05) is 46.5 Å². The zero-order valence-electron chi connectivity index (χ0n) is 18.8. The van der Waals surface area contributed by atoms with Gasteiger partial charge in [-0.25, -0.2) is 4.79 Å². The molecule has 2 saturated heterocycles. The number of rotatable bonds is 7. The Bertz CT molecular complexity index is 897. The first kappa shape index (κ1) is 22.6. The number of methoxy groups -OCH3 is 1. The van der Waals surface area contributed by atoms with Crippen LogP contribution in [0.4, 0.5) is 0 Å². The largest absolute Gasteiger partial charge is 0.464 e. The second kappa shape index (κ2) is 10.3. The topological polar surface area (TPSA) is 72.8 Å². The van der Waals surface area contributed by atoms with Crippen molar-refractivity contribution >= 4 is 11.9 Å². The molecule has 1 N–H and O–H groups in total. The first-order valence-corrected chi connectivity index (χ1v) is 11.5. The summed E-state index contributed by atoms with van der Waals surface area (Å²) in [4.78, 5) is 26.9. The van der Waals surface area contributed by atoms with Crippen molar-refractivity contribution in [3.63, 3.8) is 0 Å². The fraction of sp³-hybridized carbons (Fsp3) is 0.520. The standard InChI is InChI=1S/C25H33N3O4/c1-31-24(30)22-8-5-13-28(22)21-9-14-27(15-10-21)18-23(29)26-19-25(11-16-32-17-12-25)20-6-3-2-4-7-20/h2-8,13,21H,9-12,14-19H2,1H3,(H,26,29). The van der Waals surface area contributed by atoms with Crippen LogP contribution < -0.4 is 5.32 Å². The number of carbonyl (C=O) groups excluding carboxylic acids is 2. The summed E-state index contributed by atoms with van der Waals surface area (Å²) in [7, 11) is 1.41. The SMILES string of the molecule is COC(=O)c1cccn1C1CCN(CC(=O)NCC2(c3ccccc3)CCOCC2)CC1. The van der Waals surface area contributed by atoms with Crippen LogP contribution in [0.5, 0.6) is 0 Å². The molecule has 1 aromatic carbocycles. The molecule has 0 unspecified atom stereocenters. The molecule has 2 aliphatic heterocycles. The highest BCUT2D eigenvalue weighted by atomic mass is 16.5. The average molecular weight is 440 g/mol. The van der Waals surface area contributed by atoms with Crippen molar-refractivity contribution in [1.29, 1.82) is 0 Å². The van der Waals surface area contributed by atoms with Crippen LogP contribution >= 0.6 is 0 Å². The molecule has 2 aliphatic rings. The Morgan fingerprint density at radius 3 is 2.50 bits per heavy atom. The minimum atomic E-state index is -0.308. The molecule has 2 fully saturated rings. The van der Waals surface area contributed by atoms with Gasteiger partial charge in [-0.2, -0.15) is 0 Å². The van der Waals surface area contributed by atoms with Crippen LogP contribution in [0.2, 0.25) is 0 Å². The van der Waals surface area contributed by atoms with E-state index < -0.39 is 0 Å². The van der Waals surface area contributed by atoms with Gasteiger partial charge in [0.1, 0.15) is 5.69 Å². The van der Waals surface area contributed by atoms with E-state index in [2.05, 4.69) is 34.5 Å². The first-order chi connectivity index (χ1) is 15.6. The summed E-state index contributed by atoms with van der Waals surface area (Å²) in [6, 6.07) is 14.4. The Balaban J connectivity index is 1.29. The predicted octanol–water partition coefficient (Wildman–Crippen LogP) is 2.78. The maximum Gasteiger partial charge on any atom is 0.354 e. The zero-order valence-corrected chi connectivity index (χ0v) is 18.8. The molecule has 1 amide bonds. The Labute approximate surface area is 189 Å². The Morgan fingerprint density at radius 1 is 1.09 bits per heavy atom. The van der Waals surface area contributed by atoms with E-state index in [1.54, 1.807) is 6.07 Å². The van der Waals surface area contributed by atoms with Gasteiger partial charge in [0.05, 0.1) is 13.7 Å². The van der Waals surface area contributed by atoms with Crippen LogP contribution in [0.3, 0.4) is 0 Å². The molecule has 0 radical (unpaired) electrons. The Kier molecular flexibility index (Phi) is 7.27. The van der Waals surface area contributed by atoms with Crippen LogP contribution in [-0.4, -0.2) is 67.8 Å². The Hall–Kier alpha value is -2.64. The lowest BCUT2D eigenvalue weighted by atomic mass is 9.74. The molecular formula is C25H33N3O4. The van der Waals surface area contributed by atoms with Crippen LogP contribution in [0.15, 0.2) is 48.7 Å². The van der Waals surface area contributed by atoms with E-state index >= 15 is 0 Å². The second-order valence-electron chi connectivity index (χ2n) is 8.84. The van der Waals surface area contributed by atoms with Gasteiger partial charge in [-0.3, -0.25) is 9.69 Å². The number of nitrogens with one attached hydrogen (secondary N) is 1. The summed E-state index contributed by atoms with van der Waals surface area (Å²) in [6.45, 7) is 4.16. The van der Waals surface area contributed by atoms with E-state index in [4.69, 9.17) is 9.47 Å². The van der Waals surface area contributed by atoms with Crippen LogP contribution in [0, 0.1) is 0 Å². The lowest BCUT2D eigenvalue weighted by molar-refractivity contribution is -0.123. The number of hydrogen-bond donors (Lipinski definition) is 1. The van der Waals surface area contributed by atoms with Gasteiger partial charge in [0.25, 0.3) is 0 Å². The molecule has 0 bridgehead atoms. The molecule has 0 spiro atoms. The quantitative estimate of drug-likeness (QED) is 0.672. The highest BCUT2D eigenvalue weighted by molar-refractivity contribution is 5.87. The minimum absolute atomic E-state index is 0.0547. The lowest BCUT2D eigenvalue weighted by Crippen LogP contribution is -2.48. The summed E-state index contributed by atoms with van der Waals surface area (Å²) < 4.78 is 12.5. The average Bonchev–Trinajstić information content (AvgIpc) is 3.34. The van der Waals surface area contributed by atoms with Crippen molar-refractivity contribution in [3.8, 4) is 0 Å². The van der Waals surface area contributed by atoms with Crippen molar-refractivity contribution < 1.29 is 19.1 Å². The number of carbonyl (C=O) groups is 2. The molecule has 172 valence electrons. The number of amides is 1. The monoisotopic (exact) mass is 439 g/mol. The van der Waals surface area contributed by atoms with E-state index in [-0.39, 0.29) is 23.3 Å². The molecule has 4 rings (SSSR count). The smallest absolute Gasteiger partial charge is 0.354 e. The molecule has 32 heavy (non-hydrogen) atoms. The van der Waals surface area contributed by atoms with Crippen LogP contribution in [0.25, 0.3) is 0 Å². The zero-order chi connectivity index (χ0) is 22.4. The molecule has 7 nitrogen and oxygen atoms in total. The fourth-order valence-electron chi connectivity index (χ4n) is 4.99. The molecule has 0 atom stereocenters. The van der Waals surface area contributed by atoms with E-state index in [0.29, 0.717) is 18.8 Å². The van der Waals surface area contributed by atoms with Crippen LogP contribution in [-0.2, 0) is 19.7 Å². The number of hydrogen-bond acceptors (Lipinski definition) is 5. The third-order valence-electron chi connectivity index (χ3n) is 6.95. The molecule has 0 aliphatic carbocycles. The predicted molar refractivity (Wildman–Crippen MR) is 122 cm³/mol. The molecular weight excluding hydrogens is 406 g/mol. The summed E-state index contributed by atoms with van der Waals surface area (Å²) >= 11 is 0. The molecule has 7 heteroatoms. The van der Waals surface area contributed by atoms with Gasteiger partial charge in [-0.15, -0.1) is 0 Å². The molecule has 1 aromatic heterocycles. The van der Waals surface area contributed by atoms with E-state index in [1.165, 1.54) is 12.7 Å². The highest BCUT2D eigenvalue weighted by Crippen LogP contribution is 2.34. The van der Waals surface area contributed by atoms with Gasteiger partial charge in [-0.1, -0.05) is 30.3 Å². The summed E-state index contributed by atoms with van der Waals surface area (Å²) in [5.41, 5.74) is 1.81. The van der Waals surface area contributed by atoms with Gasteiger partial charge in [0.15, 0.2) is 0 Å². The molecule has 3 heterocycles. The van der Waals surface area contributed by atoms with Crippen molar-refractivity contribution in [1.82, 2.24) is 14.8 Å². The second-order valence-corrected chi connectivity index (χ2v) is 8.84. The number of benzene rings is 1. The number of aromatic nitrogens is 1. The van der Waals surface area contributed by atoms with E-state index in [0.717, 1.165) is 52.0 Å². The summed E-state index contributed by atoms with van der Waals surface area (Å²) in [5.74, 6) is -0.237. The van der Waals surface area contributed by atoms with E-state index in [9.17, 15) is 9.59 Å². The van der Waals surface area contributed by atoms with Gasteiger partial charge in [0.2, 0.25) is 5.91 Å². The van der Waals surface area contributed by atoms with Gasteiger partial charge in [-0.05, 0) is 43.4 Å². The first-order valence-electron chi connectivity index (χ1n) is 11.5. The third kappa shape index (κ3) is 5.05. The molecule has 0 saturated carbocycles. The van der Waals surface area contributed by atoms with Gasteiger partial charge < -0.3 is 19.4 Å². The number of ether oxygens (including phenoxy) is 2. The third-order valence-corrected chi connectivity index (χ3v) is 6.95. The van der Waals surface area contributed by atoms with Gasteiger partial charge in [0, 0.05) is 50.5 Å². The number of likely N-dealkylation sites (tertiary alicyclic amines) is 1. The number of nitrogens with zero attached hydrogens (tertiary/aromatic N) is 2. The highest BCUT2D eigenvalue weighted by Gasteiger charge is 2.35. The fourth-order valence-corrected chi connectivity index (χ4v) is 4.99. The van der Waals surface area contributed by atoms with Crippen molar-refractivity contribution in [3.05, 3.63) is 59.9 Å². The van der Waals surface area contributed by atoms with Crippen molar-refractivity contribution in [2.45, 2.75) is 37.1 Å². The Morgan fingerprint density at radius 2 is 1.81 bits per heavy atom. The molecule has 2 aromatic rings. The maximum atomic E-state index is 12.8. The van der Waals surface area contributed by atoms with E-state index in [1.807, 2.05) is 22.9 Å². The minimum Gasteiger partial charge on any atom is -0.464 e. The number of piperidine rings is 1.